The second-order valence-corrected chi connectivity index (χ2v) is 7.35. The summed E-state index contributed by atoms with van der Waals surface area (Å²) in [6.07, 6.45) is 2.25. The van der Waals surface area contributed by atoms with E-state index >= 15 is 0 Å². The molecular formula is C21H28FIN6O. The van der Waals surface area contributed by atoms with Crippen molar-refractivity contribution in [2.75, 3.05) is 19.6 Å². The topological polar surface area (TPSA) is 91.1 Å². The number of nitrogens with one attached hydrogen (secondary N) is 3. The van der Waals surface area contributed by atoms with Crippen molar-refractivity contribution in [3.63, 3.8) is 0 Å². The molecule has 2 heterocycles. The van der Waals surface area contributed by atoms with E-state index in [1.165, 1.54) is 6.07 Å². The highest BCUT2D eigenvalue weighted by molar-refractivity contribution is 14.0. The van der Waals surface area contributed by atoms with Gasteiger partial charge in [-0.2, -0.15) is 5.10 Å². The molecule has 0 unspecified atom stereocenters. The number of H-pyrrole nitrogens is 1. The van der Waals surface area contributed by atoms with Gasteiger partial charge in [-0.25, -0.2) is 9.37 Å². The quantitative estimate of drug-likeness (QED) is 0.235. The van der Waals surface area contributed by atoms with Crippen LogP contribution in [0.15, 0.2) is 52.1 Å². The molecule has 3 N–H and O–H groups in total. The molecule has 0 saturated heterocycles. The molecule has 162 valence electrons. The summed E-state index contributed by atoms with van der Waals surface area (Å²) in [5, 5.41) is 13.6. The Morgan fingerprint density at radius 1 is 1.23 bits per heavy atom. The van der Waals surface area contributed by atoms with E-state index in [0.29, 0.717) is 37.1 Å². The second kappa shape index (κ2) is 11.1. The fraction of sp³-hybridized carbons (Fsp3) is 0.381. The lowest BCUT2D eigenvalue weighted by Gasteiger charge is -2.24. The highest BCUT2D eigenvalue weighted by atomic mass is 127. The summed E-state index contributed by atoms with van der Waals surface area (Å²) >= 11 is 0. The molecule has 0 amide bonds. The van der Waals surface area contributed by atoms with Gasteiger partial charge in [-0.1, -0.05) is 26.0 Å². The maximum Gasteiger partial charge on any atom is 0.216 e. The maximum atomic E-state index is 13.6. The normalized spacial score (nSPS) is 11.8. The Morgan fingerprint density at radius 2 is 2.07 bits per heavy atom. The fourth-order valence-corrected chi connectivity index (χ4v) is 2.84. The summed E-state index contributed by atoms with van der Waals surface area (Å²) in [5.74, 6) is 2.42. The van der Waals surface area contributed by atoms with Gasteiger partial charge in [0.05, 0.1) is 12.8 Å². The molecule has 0 saturated carbocycles. The van der Waals surface area contributed by atoms with Crippen LogP contribution in [0.1, 0.15) is 32.2 Å². The van der Waals surface area contributed by atoms with Crippen LogP contribution in [-0.2, 0) is 11.8 Å². The monoisotopic (exact) mass is 526 g/mol. The Labute approximate surface area is 193 Å². The summed E-state index contributed by atoms with van der Waals surface area (Å²) in [6, 6.07) is 10.3. The number of hydrogen-bond donors (Lipinski definition) is 3. The van der Waals surface area contributed by atoms with Crippen molar-refractivity contribution in [1.82, 2.24) is 25.8 Å². The lowest BCUT2D eigenvalue weighted by Crippen LogP contribution is -2.39. The Balaban J connectivity index is 0.00000320. The van der Waals surface area contributed by atoms with Crippen molar-refractivity contribution < 1.29 is 8.81 Å². The number of aromatic nitrogens is 3. The zero-order chi connectivity index (χ0) is 20.7. The van der Waals surface area contributed by atoms with Crippen LogP contribution in [0.3, 0.4) is 0 Å². The van der Waals surface area contributed by atoms with E-state index in [-0.39, 0.29) is 35.2 Å². The SMILES string of the molecule is CCNC(=NCC(C)(C)c1cccc(F)c1)NCCc1nc(-c2ccco2)n[nH]1.I. The summed E-state index contributed by atoms with van der Waals surface area (Å²) in [6.45, 7) is 8.03. The minimum absolute atomic E-state index is 0. The first-order valence-corrected chi connectivity index (χ1v) is 9.71. The molecule has 0 atom stereocenters. The predicted molar refractivity (Wildman–Crippen MR) is 127 cm³/mol. The zero-order valence-corrected chi connectivity index (χ0v) is 19.7. The molecule has 3 rings (SSSR count). The molecule has 0 bridgehead atoms. The van der Waals surface area contributed by atoms with Gasteiger partial charge in [0, 0.05) is 24.9 Å². The second-order valence-electron chi connectivity index (χ2n) is 7.35. The van der Waals surface area contributed by atoms with Crippen molar-refractivity contribution in [2.24, 2.45) is 4.99 Å². The first-order chi connectivity index (χ1) is 14.0. The molecule has 0 aliphatic rings. The van der Waals surface area contributed by atoms with Crippen LogP contribution in [0, 0.1) is 5.82 Å². The van der Waals surface area contributed by atoms with Crippen LogP contribution in [0.4, 0.5) is 4.39 Å². The van der Waals surface area contributed by atoms with Crippen LogP contribution >= 0.6 is 24.0 Å². The number of rotatable bonds is 8. The third-order valence-electron chi connectivity index (χ3n) is 4.51. The van der Waals surface area contributed by atoms with Crippen LogP contribution in [0.25, 0.3) is 11.6 Å². The van der Waals surface area contributed by atoms with Crippen LogP contribution < -0.4 is 10.6 Å². The van der Waals surface area contributed by atoms with Crippen molar-refractivity contribution >= 4 is 29.9 Å². The molecule has 0 spiro atoms. The smallest absolute Gasteiger partial charge is 0.216 e. The lowest BCUT2D eigenvalue weighted by molar-refractivity contribution is 0.529. The number of halogens is 2. The minimum Gasteiger partial charge on any atom is -0.461 e. The Kier molecular flexibility index (Phi) is 8.82. The van der Waals surface area contributed by atoms with Gasteiger partial charge in [-0.05, 0) is 36.8 Å². The van der Waals surface area contributed by atoms with Crippen molar-refractivity contribution in [1.29, 1.82) is 0 Å². The molecule has 2 aromatic heterocycles. The minimum atomic E-state index is -0.284. The molecule has 0 aliphatic heterocycles. The largest absolute Gasteiger partial charge is 0.461 e. The lowest BCUT2D eigenvalue weighted by atomic mass is 9.85. The van der Waals surface area contributed by atoms with Crippen LogP contribution in [-0.4, -0.2) is 40.8 Å². The van der Waals surface area contributed by atoms with Gasteiger partial charge < -0.3 is 15.1 Å². The van der Waals surface area contributed by atoms with Gasteiger partial charge in [-0.3, -0.25) is 10.1 Å². The summed E-state index contributed by atoms with van der Waals surface area (Å²) in [7, 11) is 0. The maximum absolute atomic E-state index is 13.6. The Morgan fingerprint density at radius 3 is 2.77 bits per heavy atom. The molecule has 0 aliphatic carbocycles. The van der Waals surface area contributed by atoms with Gasteiger partial charge in [0.2, 0.25) is 5.82 Å². The van der Waals surface area contributed by atoms with E-state index < -0.39 is 0 Å². The van der Waals surface area contributed by atoms with Crippen LogP contribution in [0.2, 0.25) is 0 Å². The molecular weight excluding hydrogens is 498 g/mol. The predicted octanol–water partition coefficient (Wildman–Crippen LogP) is 3.90. The van der Waals surface area contributed by atoms with E-state index in [1.54, 1.807) is 24.5 Å². The van der Waals surface area contributed by atoms with Gasteiger partial charge in [0.1, 0.15) is 11.6 Å². The number of nitrogens with zero attached hydrogens (tertiary/aromatic N) is 3. The average molecular weight is 526 g/mol. The van der Waals surface area contributed by atoms with Crippen molar-refractivity contribution in [3.05, 3.63) is 59.9 Å². The number of aliphatic imine (C=N–C) groups is 1. The number of hydrogen-bond acceptors (Lipinski definition) is 4. The van der Waals surface area contributed by atoms with E-state index in [1.807, 2.05) is 19.1 Å². The highest BCUT2D eigenvalue weighted by Gasteiger charge is 2.21. The van der Waals surface area contributed by atoms with Crippen LogP contribution in [0.5, 0.6) is 0 Å². The van der Waals surface area contributed by atoms with E-state index in [4.69, 9.17) is 4.42 Å². The van der Waals surface area contributed by atoms with Gasteiger partial charge in [-0.15, -0.1) is 24.0 Å². The fourth-order valence-electron chi connectivity index (χ4n) is 2.84. The molecule has 9 heteroatoms. The molecule has 0 radical (unpaired) electrons. The molecule has 7 nitrogen and oxygen atoms in total. The van der Waals surface area contributed by atoms with Gasteiger partial charge in [0.25, 0.3) is 0 Å². The third kappa shape index (κ3) is 6.54. The van der Waals surface area contributed by atoms with E-state index in [9.17, 15) is 4.39 Å². The van der Waals surface area contributed by atoms with E-state index in [0.717, 1.165) is 17.9 Å². The molecule has 30 heavy (non-hydrogen) atoms. The molecule has 1 aromatic carbocycles. The van der Waals surface area contributed by atoms with Gasteiger partial charge in [0.15, 0.2) is 11.7 Å². The average Bonchev–Trinajstić information content (AvgIpc) is 3.38. The summed E-state index contributed by atoms with van der Waals surface area (Å²) < 4.78 is 18.9. The van der Waals surface area contributed by atoms with Crippen molar-refractivity contribution in [2.45, 2.75) is 32.6 Å². The number of guanidine groups is 1. The Bertz CT molecular complexity index is 939. The zero-order valence-electron chi connectivity index (χ0n) is 17.4. The first kappa shape index (κ1) is 23.8. The third-order valence-corrected chi connectivity index (χ3v) is 4.51. The number of benzene rings is 1. The van der Waals surface area contributed by atoms with Crippen molar-refractivity contribution in [3.8, 4) is 11.6 Å². The number of furan rings is 1. The standard InChI is InChI=1S/C21H27FN6O.HI/c1-4-23-20(25-14-21(2,3)15-7-5-8-16(22)13-15)24-11-10-18-26-19(28-27-18)17-9-6-12-29-17;/h5-9,12-13H,4,10-11,14H2,1-3H3,(H2,23,24,25)(H,26,27,28);1H. The highest BCUT2D eigenvalue weighted by Crippen LogP contribution is 2.24. The van der Waals surface area contributed by atoms with E-state index in [2.05, 4.69) is 44.7 Å². The summed E-state index contributed by atoms with van der Waals surface area (Å²) in [4.78, 5) is 9.11. The molecule has 0 fully saturated rings. The Hall–Kier alpha value is -2.43. The first-order valence-electron chi connectivity index (χ1n) is 9.71. The number of aromatic amines is 1. The van der Waals surface area contributed by atoms with Gasteiger partial charge >= 0.3 is 0 Å². The summed E-state index contributed by atoms with van der Waals surface area (Å²) in [5.41, 5.74) is 0.636. The molecule has 3 aromatic rings.